The Labute approximate surface area is 342 Å². The van der Waals surface area contributed by atoms with Gasteiger partial charge in [0.1, 0.15) is 11.6 Å². The third-order valence-electron chi connectivity index (χ3n) is 10.4. The number of ether oxygens (including phenoxy) is 3. The maximum atomic E-state index is 13.6. The number of methoxy groups -OCH3 is 1. The van der Waals surface area contributed by atoms with Crippen molar-refractivity contribution in [3.8, 4) is 23.7 Å². The molecule has 12 heteroatoms. The molecule has 0 aliphatic carbocycles. The van der Waals surface area contributed by atoms with Crippen LogP contribution in [0.3, 0.4) is 0 Å². The van der Waals surface area contributed by atoms with Gasteiger partial charge >= 0.3 is 11.9 Å². The molecule has 2 saturated heterocycles. The monoisotopic (exact) mass is 804 g/mol. The van der Waals surface area contributed by atoms with Gasteiger partial charge in [0.05, 0.1) is 31.1 Å². The number of hydrogen-bond acceptors (Lipinski definition) is 7. The highest BCUT2D eigenvalue weighted by atomic mass is 19.1. The molecule has 306 valence electrons. The van der Waals surface area contributed by atoms with E-state index in [-0.39, 0.29) is 54.2 Å². The smallest absolute Gasteiger partial charge is 0.306 e. The van der Waals surface area contributed by atoms with Crippen molar-refractivity contribution in [1.29, 1.82) is 0 Å². The van der Waals surface area contributed by atoms with E-state index in [1.54, 1.807) is 84.9 Å². The second kappa shape index (κ2) is 21.4. The van der Waals surface area contributed by atoms with Crippen molar-refractivity contribution >= 4 is 23.8 Å². The Kier molecular flexibility index (Phi) is 15.9. The third kappa shape index (κ3) is 13.4. The summed E-state index contributed by atoms with van der Waals surface area (Å²) >= 11 is 0. The minimum Gasteiger partial charge on any atom is -0.481 e. The number of carboxylic acids is 1. The lowest BCUT2D eigenvalue weighted by Gasteiger charge is -2.36. The van der Waals surface area contributed by atoms with Crippen LogP contribution in [0.25, 0.3) is 0 Å². The lowest BCUT2D eigenvalue weighted by molar-refractivity contribution is -0.145. The summed E-state index contributed by atoms with van der Waals surface area (Å²) in [5.41, 5.74) is 2.10. The molecule has 2 amide bonds. The topological polar surface area (TPSA) is 140 Å². The molecule has 0 bridgehead atoms. The number of nitrogens with one attached hydrogen (secondary N) is 2. The summed E-state index contributed by atoms with van der Waals surface area (Å²) < 4.78 is 42.8. The molecule has 4 aromatic carbocycles. The van der Waals surface area contributed by atoms with E-state index < -0.39 is 11.4 Å². The van der Waals surface area contributed by atoms with E-state index in [0.29, 0.717) is 92.0 Å². The van der Waals surface area contributed by atoms with E-state index in [4.69, 9.17) is 14.2 Å². The molecule has 2 aliphatic heterocycles. The van der Waals surface area contributed by atoms with Crippen LogP contribution >= 0.6 is 0 Å². The van der Waals surface area contributed by atoms with Gasteiger partial charge in [-0.1, -0.05) is 47.9 Å². The SMILES string of the molecule is COC(=O)CC1(CNC(=O)c2ccc(C#Cc3ccccc3F)cc2)CCOCC1.O=C(O)CC1(CNC(=O)c2ccc(C#Cc3ccccc3F)cc2)CCOCC1. The number of amides is 2. The third-order valence-corrected chi connectivity index (χ3v) is 10.4. The predicted octanol–water partition coefficient (Wildman–Crippen LogP) is 6.54. The molecule has 0 aromatic heterocycles. The van der Waals surface area contributed by atoms with E-state index in [9.17, 15) is 33.1 Å². The van der Waals surface area contributed by atoms with Crippen molar-refractivity contribution in [2.24, 2.45) is 10.8 Å². The van der Waals surface area contributed by atoms with Crippen LogP contribution in [0.5, 0.6) is 0 Å². The zero-order valence-electron chi connectivity index (χ0n) is 32.8. The maximum absolute atomic E-state index is 13.6. The van der Waals surface area contributed by atoms with Crippen molar-refractivity contribution in [2.75, 3.05) is 46.6 Å². The van der Waals surface area contributed by atoms with Crippen LogP contribution < -0.4 is 10.6 Å². The summed E-state index contributed by atoms with van der Waals surface area (Å²) in [4.78, 5) is 48.1. The first kappa shape index (κ1) is 43.8. The Morgan fingerprint density at radius 3 is 1.37 bits per heavy atom. The molecule has 0 atom stereocenters. The zero-order valence-corrected chi connectivity index (χ0v) is 32.8. The van der Waals surface area contributed by atoms with Gasteiger partial charge in [0.25, 0.3) is 11.8 Å². The van der Waals surface area contributed by atoms with Crippen LogP contribution in [-0.4, -0.2) is 75.5 Å². The van der Waals surface area contributed by atoms with Crippen LogP contribution in [0.1, 0.15) is 81.5 Å². The highest BCUT2D eigenvalue weighted by Crippen LogP contribution is 2.35. The number of carbonyl (C=O) groups excluding carboxylic acids is 3. The summed E-state index contributed by atoms with van der Waals surface area (Å²) in [7, 11) is 1.37. The zero-order chi connectivity index (χ0) is 42.1. The molecular weight excluding hydrogens is 759 g/mol. The molecule has 4 aromatic rings. The molecule has 59 heavy (non-hydrogen) atoms. The van der Waals surface area contributed by atoms with Gasteiger partial charge in [-0.3, -0.25) is 19.2 Å². The summed E-state index contributed by atoms with van der Waals surface area (Å²) in [6.45, 7) is 2.77. The highest BCUT2D eigenvalue weighted by molar-refractivity contribution is 5.95. The first-order valence-electron chi connectivity index (χ1n) is 19.2. The summed E-state index contributed by atoms with van der Waals surface area (Å²) in [5.74, 6) is 8.95. The lowest BCUT2D eigenvalue weighted by Crippen LogP contribution is -2.42. The fourth-order valence-electron chi connectivity index (χ4n) is 6.69. The summed E-state index contributed by atoms with van der Waals surface area (Å²) in [5, 5.41) is 15.0. The quantitative estimate of drug-likeness (QED) is 0.121. The highest BCUT2D eigenvalue weighted by Gasteiger charge is 2.36. The van der Waals surface area contributed by atoms with Gasteiger partial charge < -0.3 is 30.0 Å². The minimum absolute atomic E-state index is 0.00120. The van der Waals surface area contributed by atoms with Crippen molar-refractivity contribution in [3.63, 3.8) is 0 Å². The predicted molar refractivity (Wildman–Crippen MR) is 216 cm³/mol. The van der Waals surface area contributed by atoms with Crippen LogP contribution in [0.15, 0.2) is 97.1 Å². The van der Waals surface area contributed by atoms with Crippen LogP contribution in [-0.2, 0) is 23.8 Å². The molecule has 2 aliphatic rings. The second-order valence-electron chi connectivity index (χ2n) is 14.5. The number of halogens is 2. The maximum Gasteiger partial charge on any atom is 0.306 e. The van der Waals surface area contributed by atoms with Crippen LogP contribution in [0, 0.1) is 46.1 Å². The molecule has 3 N–H and O–H groups in total. The van der Waals surface area contributed by atoms with Gasteiger partial charge in [-0.2, -0.15) is 0 Å². The van der Waals surface area contributed by atoms with Gasteiger partial charge in [-0.15, -0.1) is 0 Å². The molecule has 2 heterocycles. The second-order valence-corrected chi connectivity index (χ2v) is 14.5. The van der Waals surface area contributed by atoms with E-state index >= 15 is 0 Å². The Morgan fingerprint density at radius 1 is 0.610 bits per heavy atom. The number of benzene rings is 4. The average molecular weight is 805 g/mol. The van der Waals surface area contributed by atoms with E-state index in [1.807, 2.05) is 0 Å². The van der Waals surface area contributed by atoms with Crippen molar-refractivity contribution < 1.29 is 47.3 Å². The van der Waals surface area contributed by atoms with Crippen molar-refractivity contribution in [2.45, 2.75) is 38.5 Å². The molecule has 0 unspecified atom stereocenters. The summed E-state index contributed by atoms with van der Waals surface area (Å²) in [6.07, 6.45) is 2.83. The average Bonchev–Trinajstić information content (AvgIpc) is 3.25. The van der Waals surface area contributed by atoms with E-state index in [2.05, 4.69) is 34.3 Å². The Hall–Kier alpha value is -6.34. The van der Waals surface area contributed by atoms with Crippen LogP contribution in [0.2, 0.25) is 0 Å². The Bertz CT molecular complexity index is 2210. The molecule has 10 nitrogen and oxygen atoms in total. The molecule has 2 fully saturated rings. The van der Waals surface area contributed by atoms with Crippen molar-refractivity contribution in [1.82, 2.24) is 10.6 Å². The summed E-state index contributed by atoms with van der Waals surface area (Å²) in [6, 6.07) is 26.1. The number of rotatable bonds is 10. The minimum atomic E-state index is -0.876. The van der Waals surface area contributed by atoms with Crippen LogP contribution in [0.4, 0.5) is 8.78 Å². The normalized spacial score (nSPS) is 15.0. The standard InChI is InChI=1S/C24H24FNO4.C23H22FNO4/c1-29-22(27)16-24(12-14-30-15-13-24)17-26-23(28)20-10-7-18(8-11-20)6-9-19-4-2-3-5-21(19)25;24-20-4-2-1-3-18(20)8-5-17-6-9-19(10-7-17)22(28)25-16-23(15-21(26)27)11-13-29-14-12-23/h2-5,7-8,10-11H,12-17H2,1H3,(H,26,28);1-4,6-7,9-10H,11-16H2,(H,25,28)(H,26,27). The molecule has 0 saturated carbocycles. The molecular formula is C47H46F2N2O8. The molecule has 6 rings (SSSR count). The van der Waals surface area contributed by atoms with Crippen molar-refractivity contribution in [3.05, 3.63) is 142 Å². The Balaban J connectivity index is 0.000000224. The first-order valence-corrected chi connectivity index (χ1v) is 19.2. The van der Waals surface area contributed by atoms with Gasteiger partial charge in [0.2, 0.25) is 0 Å². The fraction of sp³-hybridized carbons (Fsp3) is 0.319. The van der Waals surface area contributed by atoms with Gasteiger partial charge in [-0.05, 0) is 98.5 Å². The lowest BCUT2D eigenvalue weighted by atomic mass is 9.77. The van der Waals surface area contributed by atoms with Gasteiger partial charge in [0.15, 0.2) is 0 Å². The van der Waals surface area contributed by atoms with E-state index in [1.165, 1.54) is 19.2 Å². The number of carbonyl (C=O) groups is 4. The number of hydrogen-bond donors (Lipinski definition) is 3. The first-order chi connectivity index (χ1) is 28.5. The Morgan fingerprint density at radius 2 is 1.00 bits per heavy atom. The van der Waals surface area contributed by atoms with Gasteiger partial charge in [0, 0.05) is 72.6 Å². The largest absolute Gasteiger partial charge is 0.481 e. The molecule has 0 radical (unpaired) electrons. The van der Waals surface area contributed by atoms with Gasteiger partial charge in [-0.25, -0.2) is 8.78 Å². The fourth-order valence-corrected chi connectivity index (χ4v) is 6.69. The number of carboxylic acid groups (broad SMARTS) is 1. The number of aliphatic carboxylic acids is 1. The van der Waals surface area contributed by atoms with E-state index in [0.717, 1.165) is 0 Å². The molecule has 0 spiro atoms. The number of esters is 1.